The number of hydrogen-bond acceptors (Lipinski definition) is 8. The molecule has 10 nitrogen and oxygen atoms in total. The lowest BCUT2D eigenvalue weighted by molar-refractivity contribution is -0.141. The number of hydrogen-bond donors (Lipinski definition) is 1. The second-order valence-corrected chi connectivity index (χ2v) is 5.86. The molecule has 0 radical (unpaired) electrons. The molecule has 0 saturated carbocycles. The van der Waals surface area contributed by atoms with Crippen molar-refractivity contribution < 1.29 is 28.3 Å². The molecule has 0 atom stereocenters. The fourth-order valence-corrected chi connectivity index (χ4v) is 2.68. The van der Waals surface area contributed by atoms with Gasteiger partial charge in [-0.3, -0.25) is 24.6 Å². The summed E-state index contributed by atoms with van der Waals surface area (Å²) >= 11 is 0. The van der Waals surface area contributed by atoms with Gasteiger partial charge in [0.15, 0.2) is 11.5 Å². The van der Waals surface area contributed by atoms with Gasteiger partial charge >= 0.3 is 6.01 Å². The number of carbonyl (C=O) groups is 3. The molecule has 1 aromatic heterocycles. The molecule has 10 heteroatoms. The third-order valence-electron chi connectivity index (χ3n) is 3.92. The van der Waals surface area contributed by atoms with Crippen LogP contribution >= 0.6 is 0 Å². The molecule has 1 N–H and O–H groups in total. The van der Waals surface area contributed by atoms with Gasteiger partial charge in [-0.25, -0.2) is 0 Å². The predicted molar refractivity (Wildman–Crippen MR) is 96.7 cm³/mol. The van der Waals surface area contributed by atoms with E-state index < -0.39 is 5.91 Å². The summed E-state index contributed by atoms with van der Waals surface area (Å²) in [6.45, 7) is 4.31. The van der Waals surface area contributed by atoms with E-state index in [-0.39, 0.29) is 43.1 Å². The van der Waals surface area contributed by atoms with Crippen LogP contribution in [0.25, 0.3) is 11.5 Å². The van der Waals surface area contributed by atoms with E-state index in [2.05, 4.69) is 15.5 Å². The van der Waals surface area contributed by atoms with Crippen LogP contribution in [0.3, 0.4) is 0 Å². The van der Waals surface area contributed by atoms with Crippen molar-refractivity contribution in [3.8, 4) is 23.0 Å². The van der Waals surface area contributed by atoms with E-state index in [9.17, 15) is 14.4 Å². The van der Waals surface area contributed by atoms with E-state index in [0.29, 0.717) is 30.3 Å². The molecule has 1 fully saturated rings. The summed E-state index contributed by atoms with van der Waals surface area (Å²) in [7, 11) is 0. The number of amides is 3. The summed E-state index contributed by atoms with van der Waals surface area (Å²) in [4.78, 5) is 36.1. The van der Waals surface area contributed by atoms with Gasteiger partial charge in [-0.05, 0) is 32.0 Å². The van der Waals surface area contributed by atoms with E-state index in [1.165, 1.54) is 0 Å². The lowest BCUT2D eigenvalue weighted by Gasteiger charge is -2.12. The van der Waals surface area contributed by atoms with E-state index in [4.69, 9.17) is 13.9 Å². The monoisotopic (exact) mass is 388 g/mol. The number of nitrogens with one attached hydrogen (secondary N) is 1. The number of anilines is 1. The lowest BCUT2D eigenvalue weighted by atomic mass is 10.2. The molecule has 0 bridgehead atoms. The molecule has 0 aliphatic carbocycles. The Morgan fingerprint density at radius 2 is 1.79 bits per heavy atom. The van der Waals surface area contributed by atoms with Gasteiger partial charge in [0.1, 0.15) is 6.54 Å². The number of imide groups is 1. The Balaban J connectivity index is 1.69. The smallest absolute Gasteiger partial charge is 0.322 e. The molecule has 1 aliphatic heterocycles. The molecule has 1 aliphatic rings. The van der Waals surface area contributed by atoms with Crippen molar-refractivity contribution in [2.45, 2.75) is 26.7 Å². The fourth-order valence-electron chi connectivity index (χ4n) is 2.68. The highest BCUT2D eigenvalue weighted by molar-refractivity contribution is 6.05. The average Bonchev–Trinajstić information content (AvgIpc) is 3.25. The summed E-state index contributed by atoms with van der Waals surface area (Å²) < 4.78 is 16.5. The van der Waals surface area contributed by atoms with Crippen LogP contribution < -0.4 is 14.8 Å². The number of likely N-dealkylation sites (tertiary alicyclic amines) is 1. The van der Waals surface area contributed by atoms with Gasteiger partial charge < -0.3 is 13.9 Å². The van der Waals surface area contributed by atoms with Crippen molar-refractivity contribution >= 4 is 23.7 Å². The van der Waals surface area contributed by atoms with Crippen molar-refractivity contribution in [1.29, 1.82) is 0 Å². The van der Waals surface area contributed by atoms with Gasteiger partial charge in [-0.2, -0.15) is 0 Å². The number of rotatable bonds is 8. The summed E-state index contributed by atoms with van der Waals surface area (Å²) in [6.07, 6.45) is 0.244. The van der Waals surface area contributed by atoms with Gasteiger partial charge in [0.2, 0.25) is 23.6 Å². The van der Waals surface area contributed by atoms with Crippen molar-refractivity contribution in [2.75, 3.05) is 25.1 Å². The van der Waals surface area contributed by atoms with E-state index in [0.717, 1.165) is 4.90 Å². The largest absolute Gasteiger partial charge is 0.490 e. The minimum absolute atomic E-state index is 0.122. The number of benzene rings is 1. The number of ether oxygens (including phenoxy) is 2. The maximum absolute atomic E-state index is 12.0. The predicted octanol–water partition coefficient (Wildman–Crippen LogP) is 1.62. The number of aromatic nitrogens is 2. The zero-order valence-electron chi connectivity index (χ0n) is 15.6. The van der Waals surface area contributed by atoms with Crippen LogP contribution in [-0.2, 0) is 14.4 Å². The molecule has 148 valence electrons. The summed E-state index contributed by atoms with van der Waals surface area (Å²) in [5.41, 5.74) is 0.588. The zero-order chi connectivity index (χ0) is 20.1. The Morgan fingerprint density at radius 1 is 1.11 bits per heavy atom. The Hall–Kier alpha value is -3.43. The minimum atomic E-state index is -0.597. The Morgan fingerprint density at radius 3 is 2.46 bits per heavy atom. The summed E-state index contributed by atoms with van der Waals surface area (Å²) in [5.74, 6) is -0.0284. The first-order valence-electron chi connectivity index (χ1n) is 8.88. The van der Waals surface area contributed by atoms with E-state index in [1.54, 1.807) is 18.2 Å². The van der Waals surface area contributed by atoms with Crippen LogP contribution in [0.1, 0.15) is 26.7 Å². The zero-order valence-corrected chi connectivity index (χ0v) is 15.6. The van der Waals surface area contributed by atoms with Gasteiger partial charge in [0.05, 0.1) is 13.2 Å². The normalized spacial score (nSPS) is 13.7. The molecule has 28 heavy (non-hydrogen) atoms. The van der Waals surface area contributed by atoms with Crippen molar-refractivity contribution in [2.24, 2.45) is 0 Å². The van der Waals surface area contributed by atoms with E-state index >= 15 is 0 Å². The minimum Gasteiger partial charge on any atom is -0.490 e. The molecule has 2 aromatic rings. The third-order valence-corrected chi connectivity index (χ3v) is 3.92. The highest BCUT2D eigenvalue weighted by Gasteiger charge is 2.30. The first kappa shape index (κ1) is 19.3. The topological polar surface area (TPSA) is 124 Å². The third kappa shape index (κ3) is 4.27. The molecular weight excluding hydrogens is 368 g/mol. The maximum atomic E-state index is 12.0. The maximum Gasteiger partial charge on any atom is 0.322 e. The lowest BCUT2D eigenvalue weighted by Crippen LogP contribution is -2.36. The van der Waals surface area contributed by atoms with Crippen molar-refractivity contribution in [1.82, 2.24) is 15.1 Å². The number of carbonyl (C=O) groups excluding carboxylic acids is 3. The molecule has 2 heterocycles. The molecular formula is C18H20N4O6. The van der Waals surface area contributed by atoms with Gasteiger partial charge in [-0.15, -0.1) is 5.10 Å². The van der Waals surface area contributed by atoms with Gasteiger partial charge in [0.25, 0.3) is 0 Å². The number of nitrogens with zero attached hydrogens (tertiary/aromatic N) is 3. The summed E-state index contributed by atoms with van der Waals surface area (Å²) in [6, 6.07) is 5.03. The highest BCUT2D eigenvalue weighted by Crippen LogP contribution is 2.32. The molecule has 3 rings (SSSR count). The Kier molecular flexibility index (Phi) is 5.87. The first-order chi connectivity index (χ1) is 13.5. The second kappa shape index (κ2) is 8.51. The molecule has 3 amide bonds. The standard InChI is InChI=1S/C18H20N4O6/c1-3-26-12-6-5-11(9-13(12)27-4-2)17-20-21-18(28-17)19-14(23)10-22-15(24)7-8-16(22)25/h5-6,9H,3-4,7-8,10H2,1-2H3,(H,19,21,23). The molecule has 0 unspecified atom stereocenters. The summed E-state index contributed by atoms with van der Waals surface area (Å²) in [5, 5.41) is 10.1. The van der Waals surface area contributed by atoms with Crippen LogP contribution in [0, 0.1) is 0 Å². The van der Waals surface area contributed by atoms with Crippen molar-refractivity contribution in [3.05, 3.63) is 18.2 Å². The van der Waals surface area contributed by atoms with Gasteiger partial charge in [0, 0.05) is 18.4 Å². The SMILES string of the molecule is CCOc1ccc(-c2nnc(NC(=O)CN3C(=O)CCC3=O)o2)cc1OCC. The van der Waals surface area contributed by atoms with Crippen LogP contribution in [0.2, 0.25) is 0 Å². The quantitative estimate of drug-likeness (QED) is 0.677. The Labute approximate surface area is 160 Å². The van der Waals surface area contributed by atoms with Gasteiger partial charge in [-0.1, -0.05) is 5.10 Å². The average molecular weight is 388 g/mol. The molecule has 1 saturated heterocycles. The van der Waals surface area contributed by atoms with Crippen LogP contribution in [0.15, 0.2) is 22.6 Å². The van der Waals surface area contributed by atoms with Crippen LogP contribution in [-0.4, -0.2) is 52.6 Å². The highest BCUT2D eigenvalue weighted by atomic mass is 16.5. The first-order valence-corrected chi connectivity index (χ1v) is 8.88. The van der Waals surface area contributed by atoms with Crippen LogP contribution in [0.5, 0.6) is 11.5 Å². The van der Waals surface area contributed by atoms with Crippen molar-refractivity contribution in [3.63, 3.8) is 0 Å². The molecule has 1 aromatic carbocycles. The fraction of sp³-hybridized carbons (Fsp3) is 0.389. The van der Waals surface area contributed by atoms with Crippen LogP contribution in [0.4, 0.5) is 6.01 Å². The van der Waals surface area contributed by atoms with E-state index in [1.807, 2.05) is 13.8 Å². The molecule has 0 spiro atoms. The second-order valence-electron chi connectivity index (χ2n) is 5.86. The Bertz CT molecular complexity index is 878.